The Kier molecular flexibility index (Phi) is 5.12. The van der Waals surface area contributed by atoms with Crippen LogP contribution in [0.5, 0.6) is 0 Å². The van der Waals surface area contributed by atoms with Crippen LogP contribution in [0.4, 0.5) is 0 Å². The van der Waals surface area contributed by atoms with Gasteiger partial charge in [-0.3, -0.25) is 4.79 Å². The molecule has 0 saturated heterocycles. The molecule has 0 saturated carbocycles. The van der Waals surface area contributed by atoms with Gasteiger partial charge in [0.1, 0.15) is 0 Å². The van der Waals surface area contributed by atoms with Crippen LogP contribution < -0.4 is 5.32 Å². The van der Waals surface area contributed by atoms with E-state index in [1.54, 1.807) is 0 Å². The maximum Gasteiger partial charge on any atom is 0.261 e. The Labute approximate surface area is 99.6 Å². The third-order valence-corrected chi connectivity index (χ3v) is 3.68. The van der Waals surface area contributed by atoms with Crippen LogP contribution in [0.25, 0.3) is 0 Å². The average molecular weight is 246 g/mol. The van der Waals surface area contributed by atoms with Crippen molar-refractivity contribution in [2.45, 2.75) is 32.7 Å². The van der Waals surface area contributed by atoms with Gasteiger partial charge in [0.25, 0.3) is 5.91 Å². The van der Waals surface area contributed by atoms with E-state index >= 15 is 0 Å². The molecular formula is C11H16ClNOS. The highest BCUT2D eigenvalue weighted by atomic mass is 35.5. The number of thiophene rings is 1. The van der Waals surface area contributed by atoms with Gasteiger partial charge < -0.3 is 5.32 Å². The van der Waals surface area contributed by atoms with E-state index in [2.05, 4.69) is 12.2 Å². The van der Waals surface area contributed by atoms with Crippen molar-refractivity contribution < 1.29 is 4.79 Å². The quantitative estimate of drug-likeness (QED) is 0.794. The normalized spacial score (nSPS) is 12.5. The summed E-state index contributed by atoms with van der Waals surface area (Å²) >= 11 is 7.23. The molecule has 1 rings (SSSR count). The van der Waals surface area contributed by atoms with Gasteiger partial charge in [0, 0.05) is 11.9 Å². The van der Waals surface area contributed by atoms with Gasteiger partial charge in [0.05, 0.1) is 4.88 Å². The van der Waals surface area contributed by atoms with Gasteiger partial charge in [-0.25, -0.2) is 0 Å². The van der Waals surface area contributed by atoms with E-state index in [0.29, 0.717) is 5.88 Å². The molecule has 1 aromatic heterocycles. The number of halogens is 1. The number of amides is 1. The molecule has 2 nitrogen and oxygen atoms in total. The van der Waals surface area contributed by atoms with Crippen molar-refractivity contribution in [3.05, 3.63) is 21.9 Å². The van der Waals surface area contributed by atoms with Crippen LogP contribution in [0, 0.1) is 0 Å². The molecule has 0 aliphatic rings. The molecule has 0 bridgehead atoms. The van der Waals surface area contributed by atoms with Crippen LogP contribution in [-0.4, -0.2) is 17.8 Å². The van der Waals surface area contributed by atoms with Crippen LogP contribution in [0.15, 0.2) is 11.4 Å². The lowest BCUT2D eigenvalue weighted by Gasteiger charge is -2.13. The highest BCUT2D eigenvalue weighted by Crippen LogP contribution is 2.17. The van der Waals surface area contributed by atoms with Crippen molar-refractivity contribution in [1.29, 1.82) is 0 Å². The standard InChI is InChI=1S/C11H16ClNOS/c1-3-8-5-6-15-10(8)11(14)13-9(4-2)7-12/h5-6,9H,3-4,7H2,1-2H3,(H,13,14). The Balaban J connectivity index is 2.68. The maximum atomic E-state index is 11.9. The summed E-state index contributed by atoms with van der Waals surface area (Å²) in [5, 5.41) is 4.89. The number of rotatable bonds is 5. The number of nitrogens with one attached hydrogen (secondary N) is 1. The van der Waals surface area contributed by atoms with Gasteiger partial charge in [-0.1, -0.05) is 13.8 Å². The van der Waals surface area contributed by atoms with Crippen molar-refractivity contribution in [3.8, 4) is 0 Å². The fraction of sp³-hybridized carbons (Fsp3) is 0.545. The largest absolute Gasteiger partial charge is 0.347 e. The topological polar surface area (TPSA) is 29.1 Å². The third kappa shape index (κ3) is 3.21. The second kappa shape index (κ2) is 6.13. The number of hydrogen-bond acceptors (Lipinski definition) is 2. The van der Waals surface area contributed by atoms with Crippen molar-refractivity contribution in [2.75, 3.05) is 5.88 Å². The number of carbonyl (C=O) groups excluding carboxylic acids is 1. The molecule has 1 N–H and O–H groups in total. The van der Waals surface area contributed by atoms with E-state index in [9.17, 15) is 4.79 Å². The molecule has 0 spiro atoms. The molecule has 1 aromatic rings. The van der Waals surface area contributed by atoms with E-state index in [1.807, 2.05) is 18.4 Å². The van der Waals surface area contributed by atoms with Crippen molar-refractivity contribution >= 4 is 28.8 Å². The Morgan fingerprint density at radius 3 is 2.87 bits per heavy atom. The van der Waals surface area contributed by atoms with Crippen LogP contribution >= 0.6 is 22.9 Å². The zero-order valence-electron chi connectivity index (χ0n) is 9.05. The Morgan fingerprint density at radius 1 is 1.60 bits per heavy atom. The molecule has 1 atom stereocenters. The summed E-state index contributed by atoms with van der Waals surface area (Å²) in [5.41, 5.74) is 1.11. The third-order valence-electron chi connectivity index (χ3n) is 2.35. The number of hydrogen-bond donors (Lipinski definition) is 1. The summed E-state index contributed by atoms with van der Waals surface area (Å²) in [5.74, 6) is 0.476. The van der Waals surface area contributed by atoms with E-state index in [4.69, 9.17) is 11.6 Å². The van der Waals surface area contributed by atoms with Crippen LogP contribution in [-0.2, 0) is 6.42 Å². The fourth-order valence-corrected chi connectivity index (χ4v) is 2.51. The summed E-state index contributed by atoms with van der Waals surface area (Å²) in [6.07, 6.45) is 1.76. The minimum Gasteiger partial charge on any atom is -0.347 e. The van der Waals surface area contributed by atoms with E-state index < -0.39 is 0 Å². The smallest absolute Gasteiger partial charge is 0.261 e. The zero-order valence-corrected chi connectivity index (χ0v) is 10.6. The van der Waals surface area contributed by atoms with Crippen LogP contribution in [0.2, 0.25) is 0 Å². The Morgan fingerprint density at radius 2 is 2.33 bits per heavy atom. The van der Waals surface area contributed by atoms with Gasteiger partial charge >= 0.3 is 0 Å². The fourth-order valence-electron chi connectivity index (χ4n) is 1.31. The summed E-state index contributed by atoms with van der Waals surface area (Å²) in [4.78, 5) is 12.7. The molecule has 4 heteroatoms. The molecule has 0 aliphatic carbocycles. The zero-order chi connectivity index (χ0) is 11.3. The lowest BCUT2D eigenvalue weighted by Crippen LogP contribution is -2.35. The van der Waals surface area contributed by atoms with Crippen LogP contribution in [0.1, 0.15) is 35.5 Å². The lowest BCUT2D eigenvalue weighted by molar-refractivity contribution is 0.0943. The number of carbonyl (C=O) groups is 1. The summed E-state index contributed by atoms with van der Waals surface area (Å²) in [6, 6.07) is 2.08. The van der Waals surface area contributed by atoms with Gasteiger partial charge in [-0.15, -0.1) is 22.9 Å². The van der Waals surface area contributed by atoms with E-state index in [0.717, 1.165) is 23.3 Å². The molecule has 0 radical (unpaired) electrons. The maximum absolute atomic E-state index is 11.9. The summed E-state index contributed by atoms with van der Waals surface area (Å²) in [7, 11) is 0. The summed E-state index contributed by atoms with van der Waals surface area (Å²) in [6.45, 7) is 4.07. The van der Waals surface area contributed by atoms with E-state index in [1.165, 1.54) is 11.3 Å². The first-order chi connectivity index (χ1) is 7.22. The predicted octanol–water partition coefficient (Wildman–Crippen LogP) is 3.06. The van der Waals surface area contributed by atoms with Crippen molar-refractivity contribution in [2.24, 2.45) is 0 Å². The molecule has 0 aliphatic heterocycles. The first-order valence-corrected chi connectivity index (χ1v) is 6.57. The first kappa shape index (κ1) is 12.5. The second-order valence-corrected chi connectivity index (χ2v) is 4.59. The SMILES string of the molecule is CCc1ccsc1C(=O)NC(CC)CCl. The molecule has 84 valence electrons. The molecule has 0 fully saturated rings. The second-order valence-electron chi connectivity index (χ2n) is 3.36. The van der Waals surface area contributed by atoms with Crippen molar-refractivity contribution in [1.82, 2.24) is 5.32 Å². The highest BCUT2D eigenvalue weighted by Gasteiger charge is 2.14. The first-order valence-electron chi connectivity index (χ1n) is 5.16. The van der Waals surface area contributed by atoms with Crippen LogP contribution in [0.3, 0.4) is 0 Å². The highest BCUT2D eigenvalue weighted by molar-refractivity contribution is 7.12. The molecule has 15 heavy (non-hydrogen) atoms. The minimum absolute atomic E-state index is 0.00866. The number of aryl methyl sites for hydroxylation is 1. The van der Waals surface area contributed by atoms with Gasteiger partial charge in [0.15, 0.2) is 0 Å². The monoisotopic (exact) mass is 245 g/mol. The molecule has 1 heterocycles. The molecule has 1 amide bonds. The average Bonchev–Trinajstić information content (AvgIpc) is 2.73. The Hall–Kier alpha value is -0.540. The molecular weight excluding hydrogens is 230 g/mol. The van der Waals surface area contributed by atoms with Gasteiger partial charge in [-0.2, -0.15) is 0 Å². The molecule has 0 aromatic carbocycles. The van der Waals surface area contributed by atoms with Gasteiger partial charge in [0.2, 0.25) is 0 Å². The Bertz CT molecular complexity index is 320. The lowest BCUT2D eigenvalue weighted by atomic mass is 10.2. The summed E-state index contributed by atoms with van der Waals surface area (Å²) < 4.78 is 0. The van der Waals surface area contributed by atoms with Gasteiger partial charge in [-0.05, 0) is 29.9 Å². The minimum atomic E-state index is 0.00866. The molecule has 1 unspecified atom stereocenters. The predicted molar refractivity (Wildman–Crippen MR) is 66.0 cm³/mol. The van der Waals surface area contributed by atoms with E-state index in [-0.39, 0.29) is 11.9 Å². The van der Waals surface area contributed by atoms with Crippen molar-refractivity contribution in [3.63, 3.8) is 0 Å². The number of alkyl halides is 1.